The van der Waals surface area contributed by atoms with Crippen molar-refractivity contribution in [3.05, 3.63) is 40.9 Å². The maximum absolute atomic E-state index is 11.8. The van der Waals surface area contributed by atoms with Gasteiger partial charge in [-0.2, -0.15) is 0 Å². The molecule has 0 saturated heterocycles. The van der Waals surface area contributed by atoms with Crippen molar-refractivity contribution in [1.29, 1.82) is 0 Å². The second-order valence-electron chi connectivity index (χ2n) is 3.16. The molecule has 0 saturated carbocycles. The number of ketones is 1. The van der Waals surface area contributed by atoms with Gasteiger partial charge in [0.05, 0.1) is 5.75 Å². The summed E-state index contributed by atoms with van der Waals surface area (Å²) in [6.07, 6.45) is 0. The van der Waals surface area contributed by atoms with Crippen LogP contribution < -0.4 is 0 Å². The molecule has 16 heavy (non-hydrogen) atoms. The highest BCUT2D eigenvalue weighted by atomic mass is 32.2. The SMILES string of the molecule is Cc1nnc(SCC(=O)c2ccccc2)s1. The van der Waals surface area contributed by atoms with E-state index in [9.17, 15) is 4.79 Å². The van der Waals surface area contributed by atoms with Crippen LogP contribution in [0, 0.1) is 6.92 Å². The first-order valence-corrected chi connectivity index (χ1v) is 6.57. The summed E-state index contributed by atoms with van der Waals surface area (Å²) in [5.41, 5.74) is 0.747. The summed E-state index contributed by atoms with van der Waals surface area (Å²) < 4.78 is 0.849. The van der Waals surface area contributed by atoms with Crippen LogP contribution in [0.3, 0.4) is 0 Å². The molecule has 1 aromatic heterocycles. The van der Waals surface area contributed by atoms with Crippen LogP contribution in [0.25, 0.3) is 0 Å². The number of carbonyl (C=O) groups is 1. The molecule has 5 heteroatoms. The number of thioether (sulfide) groups is 1. The lowest BCUT2D eigenvalue weighted by Gasteiger charge is -1.97. The second kappa shape index (κ2) is 5.23. The van der Waals surface area contributed by atoms with E-state index in [2.05, 4.69) is 10.2 Å². The van der Waals surface area contributed by atoms with Gasteiger partial charge in [0.1, 0.15) is 5.01 Å². The van der Waals surface area contributed by atoms with Crippen LogP contribution in [0.5, 0.6) is 0 Å². The van der Waals surface area contributed by atoms with Gasteiger partial charge in [-0.3, -0.25) is 4.79 Å². The molecule has 0 unspecified atom stereocenters. The van der Waals surface area contributed by atoms with E-state index >= 15 is 0 Å². The summed E-state index contributed by atoms with van der Waals surface area (Å²) >= 11 is 2.95. The molecular weight excluding hydrogens is 240 g/mol. The lowest BCUT2D eigenvalue weighted by molar-refractivity contribution is 0.102. The number of aryl methyl sites for hydroxylation is 1. The molecule has 1 heterocycles. The van der Waals surface area contributed by atoms with Gasteiger partial charge >= 0.3 is 0 Å². The average Bonchev–Trinajstić information content (AvgIpc) is 2.73. The Kier molecular flexibility index (Phi) is 3.69. The van der Waals surface area contributed by atoms with Gasteiger partial charge in [-0.15, -0.1) is 10.2 Å². The van der Waals surface area contributed by atoms with Crippen LogP contribution in [0.15, 0.2) is 34.7 Å². The molecule has 0 aliphatic carbocycles. The minimum absolute atomic E-state index is 0.124. The number of aromatic nitrogens is 2. The van der Waals surface area contributed by atoms with E-state index in [-0.39, 0.29) is 5.78 Å². The van der Waals surface area contributed by atoms with Crippen LogP contribution in [0.2, 0.25) is 0 Å². The maximum atomic E-state index is 11.8. The fraction of sp³-hybridized carbons (Fsp3) is 0.182. The number of Topliss-reactive ketones (excluding diaryl/α,β-unsaturated/α-hetero) is 1. The van der Waals surface area contributed by atoms with Crippen molar-refractivity contribution >= 4 is 28.9 Å². The summed E-state index contributed by atoms with van der Waals surface area (Å²) in [5, 5.41) is 8.79. The molecule has 3 nitrogen and oxygen atoms in total. The number of hydrogen-bond acceptors (Lipinski definition) is 5. The minimum atomic E-state index is 0.124. The van der Waals surface area contributed by atoms with Crippen molar-refractivity contribution < 1.29 is 4.79 Å². The Bertz CT molecular complexity index is 482. The highest BCUT2D eigenvalue weighted by Gasteiger charge is 2.08. The van der Waals surface area contributed by atoms with Gasteiger partial charge in [0.2, 0.25) is 0 Å². The van der Waals surface area contributed by atoms with E-state index in [0.29, 0.717) is 5.75 Å². The van der Waals surface area contributed by atoms with Crippen LogP contribution in [0.4, 0.5) is 0 Å². The van der Waals surface area contributed by atoms with Crippen LogP contribution in [-0.2, 0) is 0 Å². The van der Waals surface area contributed by atoms with Gasteiger partial charge in [0, 0.05) is 5.56 Å². The zero-order chi connectivity index (χ0) is 11.4. The van der Waals surface area contributed by atoms with E-state index < -0.39 is 0 Å². The first-order chi connectivity index (χ1) is 7.75. The number of nitrogens with zero attached hydrogens (tertiary/aromatic N) is 2. The van der Waals surface area contributed by atoms with Crippen molar-refractivity contribution in [1.82, 2.24) is 10.2 Å². The number of benzene rings is 1. The first-order valence-electron chi connectivity index (χ1n) is 4.77. The van der Waals surface area contributed by atoms with E-state index in [1.807, 2.05) is 37.3 Å². The second-order valence-corrected chi connectivity index (χ2v) is 5.57. The van der Waals surface area contributed by atoms with Crippen LogP contribution in [0.1, 0.15) is 15.4 Å². The molecule has 0 N–H and O–H groups in total. The van der Waals surface area contributed by atoms with Crippen molar-refractivity contribution in [2.75, 3.05) is 5.75 Å². The predicted molar refractivity (Wildman–Crippen MR) is 66.1 cm³/mol. The normalized spacial score (nSPS) is 10.3. The van der Waals surface area contributed by atoms with E-state index in [0.717, 1.165) is 14.9 Å². The Balaban J connectivity index is 1.94. The topological polar surface area (TPSA) is 42.9 Å². The third-order valence-corrected chi connectivity index (χ3v) is 3.90. The third kappa shape index (κ3) is 2.90. The highest BCUT2D eigenvalue weighted by Crippen LogP contribution is 2.22. The van der Waals surface area contributed by atoms with Gasteiger partial charge in [0.25, 0.3) is 0 Å². The Morgan fingerprint density at radius 1 is 1.31 bits per heavy atom. The van der Waals surface area contributed by atoms with Crippen LogP contribution >= 0.6 is 23.1 Å². The van der Waals surface area contributed by atoms with Crippen molar-refractivity contribution in [3.8, 4) is 0 Å². The molecule has 0 spiro atoms. The van der Waals surface area contributed by atoms with E-state index in [1.165, 1.54) is 23.1 Å². The summed E-state index contributed by atoms with van der Waals surface area (Å²) in [4.78, 5) is 11.8. The Morgan fingerprint density at radius 3 is 2.69 bits per heavy atom. The molecular formula is C11H10N2OS2. The Hall–Kier alpha value is -1.20. The molecule has 0 bridgehead atoms. The molecule has 0 aliphatic rings. The molecule has 0 aliphatic heterocycles. The lowest BCUT2D eigenvalue weighted by atomic mass is 10.2. The summed E-state index contributed by atoms with van der Waals surface area (Å²) in [6, 6.07) is 9.29. The lowest BCUT2D eigenvalue weighted by Crippen LogP contribution is -2.01. The van der Waals surface area contributed by atoms with Gasteiger partial charge in [-0.05, 0) is 6.92 Å². The van der Waals surface area contributed by atoms with Crippen molar-refractivity contribution in [3.63, 3.8) is 0 Å². The van der Waals surface area contributed by atoms with E-state index in [4.69, 9.17) is 0 Å². The van der Waals surface area contributed by atoms with Gasteiger partial charge in [-0.1, -0.05) is 53.4 Å². The number of hydrogen-bond donors (Lipinski definition) is 0. The van der Waals surface area contributed by atoms with Crippen molar-refractivity contribution in [2.24, 2.45) is 0 Å². The molecule has 0 radical (unpaired) electrons. The molecule has 1 aromatic carbocycles. The summed E-state index contributed by atoms with van der Waals surface area (Å²) in [5.74, 6) is 0.539. The molecule has 0 amide bonds. The molecule has 0 fully saturated rings. The predicted octanol–water partition coefficient (Wildman–Crippen LogP) is 2.82. The number of carbonyl (C=O) groups excluding carboxylic acids is 1. The largest absolute Gasteiger partial charge is 0.293 e. The Morgan fingerprint density at radius 2 is 2.06 bits per heavy atom. The van der Waals surface area contributed by atoms with Crippen LogP contribution in [-0.4, -0.2) is 21.7 Å². The zero-order valence-electron chi connectivity index (χ0n) is 8.71. The van der Waals surface area contributed by atoms with E-state index in [1.54, 1.807) is 0 Å². The third-order valence-electron chi connectivity index (χ3n) is 1.93. The smallest absolute Gasteiger partial charge is 0.174 e. The highest BCUT2D eigenvalue weighted by molar-refractivity contribution is 8.01. The Labute approximate surface area is 102 Å². The monoisotopic (exact) mass is 250 g/mol. The number of rotatable bonds is 4. The molecule has 0 atom stereocenters. The zero-order valence-corrected chi connectivity index (χ0v) is 10.3. The van der Waals surface area contributed by atoms with Gasteiger partial charge in [-0.25, -0.2) is 0 Å². The average molecular weight is 250 g/mol. The van der Waals surface area contributed by atoms with Gasteiger partial charge < -0.3 is 0 Å². The molecule has 2 rings (SSSR count). The standard InChI is InChI=1S/C11H10N2OS2/c1-8-12-13-11(16-8)15-7-10(14)9-5-3-2-4-6-9/h2-6H,7H2,1H3. The summed E-state index contributed by atoms with van der Waals surface area (Å²) in [7, 11) is 0. The van der Waals surface area contributed by atoms with Gasteiger partial charge in [0.15, 0.2) is 10.1 Å². The summed E-state index contributed by atoms with van der Waals surface area (Å²) in [6.45, 7) is 1.90. The maximum Gasteiger partial charge on any atom is 0.174 e. The first kappa shape index (κ1) is 11.3. The quantitative estimate of drug-likeness (QED) is 0.618. The van der Waals surface area contributed by atoms with Crippen molar-refractivity contribution in [2.45, 2.75) is 11.3 Å². The fourth-order valence-electron chi connectivity index (χ4n) is 1.17. The minimum Gasteiger partial charge on any atom is -0.293 e. The molecule has 2 aromatic rings. The fourth-order valence-corrected chi connectivity index (χ4v) is 2.88. The molecule has 82 valence electrons.